The van der Waals surface area contributed by atoms with Gasteiger partial charge < -0.3 is 9.64 Å². The summed E-state index contributed by atoms with van der Waals surface area (Å²) in [6.07, 6.45) is 0.833. The fraction of sp³-hybridized carbons (Fsp3) is 0.263. The molecule has 0 N–H and O–H groups in total. The number of carbonyl (C=O) groups excluding carboxylic acids is 2. The zero-order valence-corrected chi connectivity index (χ0v) is 14.3. The van der Waals surface area contributed by atoms with Gasteiger partial charge in [0.05, 0.1) is 5.75 Å². The number of nitrogens with zero attached hydrogens (tertiary/aromatic N) is 1. The van der Waals surface area contributed by atoms with E-state index in [-0.39, 0.29) is 30.3 Å². The summed E-state index contributed by atoms with van der Waals surface area (Å²) in [5.74, 6) is -0.355. The molecule has 0 radical (unpaired) electrons. The average Bonchev–Trinajstić information content (AvgIpc) is 2.94. The first kappa shape index (κ1) is 16.6. The van der Waals surface area contributed by atoms with Crippen LogP contribution in [0.15, 0.2) is 59.5 Å². The van der Waals surface area contributed by atoms with Crippen molar-refractivity contribution in [3.05, 3.63) is 60.2 Å². The van der Waals surface area contributed by atoms with Crippen molar-refractivity contribution < 1.29 is 14.3 Å². The third kappa shape index (κ3) is 3.79. The predicted octanol–water partition coefficient (Wildman–Crippen LogP) is 3.30. The van der Waals surface area contributed by atoms with Crippen molar-refractivity contribution in [2.45, 2.75) is 24.3 Å². The SMILES string of the molecule is C[C@@H]1Cc2ccccc2N1C(=O)COC(=O)CSc1ccccc1. The van der Waals surface area contributed by atoms with E-state index in [1.165, 1.54) is 11.8 Å². The third-order valence-electron chi connectivity index (χ3n) is 3.93. The van der Waals surface area contributed by atoms with Crippen LogP contribution in [-0.2, 0) is 20.7 Å². The number of rotatable bonds is 5. The first-order valence-corrected chi connectivity index (χ1v) is 8.87. The Hall–Kier alpha value is -2.27. The number of carbonyl (C=O) groups is 2. The van der Waals surface area contributed by atoms with Gasteiger partial charge in [-0.1, -0.05) is 36.4 Å². The number of hydrogen-bond donors (Lipinski definition) is 0. The lowest BCUT2D eigenvalue weighted by molar-refractivity contribution is -0.145. The minimum Gasteiger partial charge on any atom is -0.455 e. The van der Waals surface area contributed by atoms with E-state index >= 15 is 0 Å². The Morgan fingerprint density at radius 3 is 2.62 bits per heavy atom. The van der Waals surface area contributed by atoms with E-state index in [2.05, 4.69) is 0 Å². The molecule has 2 aromatic carbocycles. The smallest absolute Gasteiger partial charge is 0.316 e. The first-order chi connectivity index (χ1) is 11.6. The number of para-hydroxylation sites is 1. The molecule has 0 bridgehead atoms. The van der Waals surface area contributed by atoms with Crippen LogP contribution in [-0.4, -0.2) is 30.3 Å². The van der Waals surface area contributed by atoms with Gasteiger partial charge in [0.25, 0.3) is 5.91 Å². The summed E-state index contributed by atoms with van der Waals surface area (Å²) < 4.78 is 5.15. The monoisotopic (exact) mass is 341 g/mol. The Balaban J connectivity index is 1.51. The van der Waals surface area contributed by atoms with Crippen molar-refractivity contribution >= 4 is 29.3 Å². The molecular weight excluding hydrogens is 322 g/mol. The molecule has 4 nitrogen and oxygen atoms in total. The summed E-state index contributed by atoms with van der Waals surface area (Å²) in [6.45, 7) is 1.79. The fourth-order valence-electron chi connectivity index (χ4n) is 2.86. The highest BCUT2D eigenvalue weighted by Gasteiger charge is 2.30. The maximum Gasteiger partial charge on any atom is 0.316 e. The Bertz CT molecular complexity index is 732. The molecule has 5 heteroatoms. The van der Waals surface area contributed by atoms with Crippen molar-refractivity contribution in [2.24, 2.45) is 0 Å². The van der Waals surface area contributed by atoms with Crippen molar-refractivity contribution in [3.63, 3.8) is 0 Å². The molecule has 0 fully saturated rings. The molecule has 0 saturated carbocycles. The molecule has 0 aromatic heterocycles. The number of ether oxygens (including phenoxy) is 1. The predicted molar refractivity (Wildman–Crippen MR) is 95.2 cm³/mol. The molecule has 24 heavy (non-hydrogen) atoms. The molecule has 0 aliphatic carbocycles. The van der Waals surface area contributed by atoms with E-state index in [9.17, 15) is 9.59 Å². The van der Waals surface area contributed by atoms with Gasteiger partial charge >= 0.3 is 5.97 Å². The van der Waals surface area contributed by atoms with Gasteiger partial charge in [-0.2, -0.15) is 0 Å². The van der Waals surface area contributed by atoms with Crippen LogP contribution < -0.4 is 4.90 Å². The summed E-state index contributed by atoms with van der Waals surface area (Å²) in [5.41, 5.74) is 2.08. The summed E-state index contributed by atoms with van der Waals surface area (Å²) in [4.78, 5) is 27.0. The average molecular weight is 341 g/mol. The molecule has 2 aromatic rings. The minimum absolute atomic E-state index is 0.0901. The summed E-state index contributed by atoms with van der Waals surface area (Å²) in [6, 6.07) is 17.6. The van der Waals surface area contributed by atoms with Gasteiger partial charge in [-0.25, -0.2) is 0 Å². The molecule has 1 amide bonds. The molecule has 0 saturated heterocycles. The van der Waals surface area contributed by atoms with Gasteiger partial charge in [-0.15, -0.1) is 11.8 Å². The van der Waals surface area contributed by atoms with Crippen LogP contribution in [0.4, 0.5) is 5.69 Å². The largest absolute Gasteiger partial charge is 0.455 e. The standard InChI is InChI=1S/C19H19NO3S/c1-14-11-15-7-5-6-10-17(15)20(14)18(21)12-23-19(22)13-24-16-8-3-2-4-9-16/h2-10,14H,11-13H2,1H3/t14-/m1/s1. The van der Waals surface area contributed by atoms with Crippen LogP contribution in [0.2, 0.25) is 0 Å². The highest BCUT2D eigenvalue weighted by molar-refractivity contribution is 8.00. The molecule has 1 heterocycles. The second-order valence-electron chi connectivity index (χ2n) is 5.71. The van der Waals surface area contributed by atoms with Crippen LogP contribution in [0.1, 0.15) is 12.5 Å². The van der Waals surface area contributed by atoms with E-state index in [1.54, 1.807) is 4.90 Å². The number of hydrogen-bond acceptors (Lipinski definition) is 4. The van der Waals surface area contributed by atoms with Crippen LogP contribution in [0.3, 0.4) is 0 Å². The van der Waals surface area contributed by atoms with E-state index in [0.717, 1.165) is 22.6 Å². The fourth-order valence-corrected chi connectivity index (χ4v) is 3.58. The first-order valence-electron chi connectivity index (χ1n) is 7.88. The Kier molecular flexibility index (Phi) is 5.20. The number of anilines is 1. The highest BCUT2D eigenvalue weighted by Crippen LogP contribution is 2.31. The number of esters is 1. The lowest BCUT2D eigenvalue weighted by Crippen LogP contribution is -2.38. The molecule has 0 unspecified atom stereocenters. The molecule has 1 atom stereocenters. The van der Waals surface area contributed by atoms with Gasteiger partial charge in [0.1, 0.15) is 0 Å². The molecule has 124 valence electrons. The van der Waals surface area contributed by atoms with Crippen molar-refractivity contribution in [1.29, 1.82) is 0 Å². The Morgan fingerprint density at radius 1 is 1.12 bits per heavy atom. The normalized spacial score (nSPS) is 15.9. The maximum atomic E-state index is 12.4. The number of benzene rings is 2. The van der Waals surface area contributed by atoms with E-state index < -0.39 is 0 Å². The number of amides is 1. The molecule has 0 spiro atoms. The van der Waals surface area contributed by atoms with Gasteiger partial charge in [-0.3, -0.25) is 9.59 Å². The van der Waals surface area contributed by atoms with Crippen LogP contribution >= 0.6 is 11.8 Å². The van der Waals surface area contributed by atoms with Crippen molar-refractivity contribution in [1.82, 2.24) is 0 Å². The van der Waals surface area contributed by atoms with Crippen LogP contribution in [0.5, 0.6) is 0 Å². The number of fused-ring (bicyclic) bond motifs is 1. The second kappa shape index (κ2) is 7.53. The van der Waals surface area contributed by atoms with Crippen LogP contribution in [0.25, 0.3) is 0 Å². The van der Waals surface area contributed by atoms with Gasteiger partial charge in [0, 0.05) is 16.6 Å². The summed E-state index contributed by atoms with van der Waals surface area (Å²) in [5, 5.41) is 0. The van der Waals surface area contributed by atoms with E-state index in [0.29, 0.717) is 0 Å². The van der Waals surface area contributed by atoms with Gasteiger partial charge in [0.15, 0.2) is 6.61 Å². The quantitative estimate of drug-likeness (QED) is 0.618. The topological polar surface area (TPSA) is 46.6 Å². The van der Waals surface area contributed by atoms with Crippen molar-refractivity contribution in [2.75, 3.05) is 17.3 Å². The highest BCUT2D eigenvalue weighted by atomic mass is 32.2. The Labute approximate surface area is 145 Å². The van der Waals surface area contributed by atoms with E-state index in [1.807, 2.05) is 61.5 Å². The molecule has 1 aliphatic heterocycles. The zero-order chi connectivity index (χ0) is 16.9. The summed E-state index contributed by atoms with van der Waals surface area (Å²) >= 11 is 1.40. The zero-order valence-electron chi connectivity index (χ0n) is 13.5. The lowest BCUT2D eigenvalue weighted by Gasteiger charge is -2.22. The third-order valence-corrected chi connectivity index (χ3v) is 4.92. The van der Waals surface area contributed by atoms with Crippen LogP contribution in [0, 0.1) is 0 Å². The number of thioether (sulfide) groups is 1. The minimum atomic E-state index is -0.377. The lowest BCUT2D eigenvalue weighted by atomic mass is 10.1. The second-order valence-corrected chi connectivity index (χ2v) is 6.76. The Morgan fingerprint density at radius 2 is 1.83 bits per heavy atom. The molecule has 3 rings (SSSR count). The maximum absolute atomic E-state index is 12.4. The van der Waals surface area contributed by atoms with E-state index in [4.69, 9.17) is 4.74 Å². The molecule has 1 aliphatic rings. The van der Waals surface area contributed by atoms with Gasteiger partial charge in [0.2, 0.25) is 0 Å². The van der Waals surface area contributed by atoms with Gasteiger partial charge in [-0.05, 0) is 37.1 Å². The van der Waals surface area contributed by atoms with Crippen molar-refractivity contribution in [3.8, 4) is 0 Å². The molecular formula is C19H19NO3S. The summed E-state index contributed by atoms with van der Waals surface area (Å²) in [7, 11) is 0.